The third-order valence-corrected chi connectivity index (χ3v) is 7.43. The maximum Gasteiger partial charge on any atom is 0.225 e. The molecule has 1 aromatic carbocycles. The summed E-state index contributed by atoms with van der Waals surface area (Å²) in [5.74, 6) is 1.65. The van der Waals surface area contributed by atoms with Crippen molar-refractivity contribution in [1.29, 1.82) is 0 Å². The highest BCUT2D eigenvalue weighted by Gasteiger charge is 2.46. The predicted molar refractivity (Wildman–Crippen MR) is 112 cm³/mol. The number of rotatable bonds is 3. The van der Waals surface area contributed by atoms with E-state index in [4.69, 9.17) is 4.98 Å². The Morgan fingerprint density at radius 2 is 2.03 bits per heavy atom. The van der Waals surface area contributed by atoms with Gasteiger partial charge in [0, 0.05) is 38.0 Å². The lowest BCUT2D eigenvalue weighted by atomic mass is 9.75. The van der Waals surface area contributed by atoms with Crippen LogP contribution in [0.5, 0.6) is 0 Å². The van der Waals surface area contributed by atoms with Gasteiger partial charge in [-0.05, 0) is 50.3 Å². The number of amides is 1. The standard InChI is InChI=1S/C23H32N4O2/c1-16-6-7-19-20(12-16)25-21(24-19)15-26-10-8-23(29)9-11-27(14-18(23)13-26)22(28)17-4-2-3-5-17/h6-7,12,17-18,29H,2-5,8-11,13-15H2,1H3,(H,24,25)/t18-,23-/m1/s1. The minimum absolute atomic E-state index is 0.127. The number of fused-ring (bicyclic) bond motifs is 2. The second-order valence-electron chi connectivity index (χ2n) is 9.51. The van der Waals surface area contributed by atoms with Crippen molar-refractivity contribution < 1.29 is 9.90 Å². The van der Waals surface area contributed by atoms with Crippen LogP contribution in [0.1, 0.15) is 49.9 Å². The molecule has 2 aromatic rings. The van der Waals surface area contributed by atoms with Crippen LogP contribution < -0.4 is 0 Å². The molecule has 6 nitrogen and oxygen atoms in total. The Hall–Kier alpha value is -1.92. The van der Waals surface area contributed by atoms with Crippen molar-refractivity contribution in [2.24, 2.45) is 11.8 Å². The molecule has 1 saturated carbocycles. The first-order valence-corrected chi connectivity index (χ1v) is 11.2. The van der Waals surface area contributed by atoms with E-state index in [-0.39, 0.29) is 11.8 Å². The van der Waals surface area contributed by atoms with Gasteiger partial charge >= 0.3 is 0 Å². The molecule has 6 heteroatoms. The number of hydrogen-bond donors (Lipinski definition) is 2. The van der Waals surface area contributed by atoms with E-state index >= 15 is 0 Å². The smallest absolute Gasteiger partial charge is 0.225 e. The largest absolute Gasteiger partial charge is 0.389 e. The predicted octanol–water partition coefficient (Wildman–Crippen LogP) is 2.85. The maximum absolute atomic E-state index is 12.9. The Labute approximate surface area is 172 Å². The highest BCUT2D eigenvalue weighted by Crippen LogP contribution is 2.37. The van der Waals surface area contributed by atoms with E-state index in [1.807, 2.05) is 4.90 Å². The topological polar surface area (TPSA) is 72.5 Å². The summed E-state index contributed by atoms with van der Waals surface area (Å²) in [6.07, 6.45) is 5.95. The summed E-state index contributed by atoms with van der Waals surface area (Å²) in [6, 6.07) is 6.29. The Kier molecular flexibility index (Phi) is 4.87. The van der Waals surface area contributed by atoms with E-state index in [1.54, 1.807) is 0 Å². The average Bonchev–Trinajstić information content (AvgIpc) is 3.36. The minimum Gasteiger partial charge on any atom is -0.389 e. The molecular weight excluding hydrogens is 364 g/mol. The molecule has 2 N–H and O–H groups in total. The number of aryl methyl sites for hydroxylation is 1. The van der Waals surface area contributed by atoms with Crippen LogP contribution in [0, 0.1) is 18.8 Å². The van der Waals surface area contributed by atoms with Gasteiger partial charge in [-0.2, -0.15) is 0 Å². The van der Waals surface area contributed by atoms with Crippen LogP contribution in [-0.2, 0) is 11.3 Å². The van der Waals surface area contributed by atoms with Crippen LogP contribution in [0.15, 0.2) is 18.2 Å². The van der Waals surface area contributed by atoms with Gasteiger partial charge < -0.3 is 15.0 Å². The normalized spacial score (nSPS) is 28.8. The zero-order valence-corrected chi connectivity index (χ0v) is 17.4. The van der Waals surface area contributed by atoms with Crippen LogP contribution in [0.4, 0.5) is 0 Å². The number of H-pyrrole nitrogens is 1. The van der Waals surface area contributed by atoms with Gasteiger partial charge in [0.25, 0.3) is 0 Å². The van der Waals surface area contributed by atoms with Crippen molar-refractivity contribution in [3.63, 3.8) is 0 Å². The summed E-state index contributed by atoms with van der Waals surface area (Å²) in [7, 11) is 0. The summed E-state index contributed by atoms with van der Waals surface area (Å²) < 4.78 is 0. The monoisotopic (exact) mass is 396 g/mol. The molecular formula is C23H32N4O2. The summed E-state index contributed by atoms with van der Waals surface area (Å²) in [5, 5.41) is 11.2. The van der Waals surface area contributed by atoms with Gasteiger partial charge in [-0.15, -0.1) is 0 Å². The minimum atomic E-state index is -0.617. The highest BCUT2D eigenvalue weighted by molar-refractivity contribution is 5.79. The van der Waals surface area contributed by atoms with E-state index < -0.39 is 5.60 Å². The van der Waals surface area contributed by atoms with Crippen LogP contribution >= 0.6 is 0 Å². The van der Waals surface area contributed by atoms with Crippen molar-refractivity contribution in [2.45, 2.75) is 57.6 Å². The van der Waals surface area contributed by atoms with Gasteiger partial charge in [-0.25, -0.2) is 4.98 Å². The molecule has 1 amide bonds. The molecule has 2 atom stereocenters. The molecule has 0 unspecified atom stereocenters. The van der Waals surface area contributed by atoms with Crippen molar-refractivity contribution >= 4 is 16.9 Å². The van der Waals surface area contributed by atoms with E-state index in [9.17, 15) is 9.90 Å². The van der Waals surface area contributed by atoms with Gasteiger partial charge in [0.05, 0.1) is 23.2 Å². The maximum atomic E-state index is 12.9. The molecule has 3 fully saturated rings. The number of carbonyl (C=O) groups is 1. The van der Waals surface area contributed by atoms with Crippen LogP contribution in [0.25, 0.3) is 11.0 Å². The summed E-state index contributed by atoms with van der Waals surface area (Å²) in [6.45, 7) is 5.96. The molecule has 156 valence electrons. The molecule has 3 aliphatic rings. The van der Waals surface area contributed by atoms with Crippen molar-refractivity contribution in [3.05, 3.63) is 29.6 Å². The lowest BCUT2D eigenvalue weighted by Crippen LogP contribution is -2.61. The number of piperidine rings is 2. The van der Waals surface area contributed by atoms with Crippen LogP contribution in [0.2, 0.25) is 0 Å². The van der Waals surface area contributed by atoms with Crippen molar-refractivity contribution in [1.82, 2.24) is 19.8 Å². The lowest BCUT2D eigenvalue weighted by Gasteiger charge is -2.50. The van der Waals surface area contributed by atoms with Gasteiger partial charge in [0.15, 0.2) is 0 Å². The SMILES string of the molecule is Cc1ccc2nc(CN3CC[C@@]4(O)CCN(C(=O)C5CCCC5)C[C@H]4C3)[nH]c2c1. The molecule has 0 radical (unpaired) electrons. The number of nitrogens with zero attached hydrogens (tertiary/aromatic N) is 3. The lowest BCUT2D eigenvalue weighted by molar-refractivity contribution is -0.150. The number of aromatic nitrogens is 2. The number of hydrogen-bond acceptors (Lipinski definition) is 4. The zero-order chi connectivity index (χ0) is 20.0. The molecule has 5 rings (SSSR count). The van der Waals surface area contributed by atoms with Crippen LogP contribution in [-0.4, -0.2) is 62.6 Å². The number of aliphatic hydroxyl groups is 1. The Morgan fingerprint density at radius 1 is 1.24 bits per heavy atom. The molecule has 3 heterocycles. The second-order valence-corrected chi connectivity index (χ2v) is 9.51. The van der Waals surface area contributed by atoms with Gasteiger partial charge in [-0.3, -0.25) is 9.69 Å². The number of benzene rings is 1. The Bertz CT molecular complexity index is 903. The Balaban J connectivity index is 1.26. The summed E-state index contributed by atoms with van der Waals surface area (Å²) >= 11 is 0. The number of aromatic amines is 1. The first-order valence-electron chi connectivity index (χ1n) is 11.2. The molecule has 0 bridgehead atoms. The van der Waals surface area contributed by atoms with E-state index in [0.29, 0.717) is 25.4 Å². The van der Waals surface area contributed by atoms with E-state index in [0.717, 1.165) is 55.8 Å². The molecule has 1 aliphatic carbocycles. The average molecular weight is 397 g/mol. The fourth-order valence-electron chi connectivity index (χ4n) is 5.61. The number of carbonyl (C=O) groups excluding carboxylic acids is 1. The summed E-state index contributed by atoms with van der Waals surface area (Å²) in [4.78, 5) is 25.5. The third-order valence-electron chi connectivity index (χ3n) is 7.43. The molecule has 29 heavy (non-hydrogen) atoms. The summed E-state index contributed by atoms with van der Waals surface area (Å²) in [5.41, 5.74) is 2.70. The first kappa shape index (κ1) is 19.1. The van der Waals surface area contributed by atoms with Crippen LogP contribution in [0.3, 0.4) is 0 Å². The highest BCUT2D eigenvalue weighted by atomic mass is 16.3. The number of likely N-dealkylation sites (tertiary alicyclic amines) is 2. The van der Waals surface area contributed by atoms with E-state index in [1.165, 1.54) is 18.4 Å². The molecule has 2 saturated heterocycles. The zero-order valence-electron chi connectivity index (χ0n) is 17.4. The first-order chi connectivity index (χ1) is 14.0. The fourth-order valence-corrected chi connectivity index (χ4v) is 5.61. The van der Waals surface area contributed by atoms with Gasteiger partial charge in [-0.1, -0.05) is 18.9 Å². The number of imidazole rings is 1. The fraction of sp³-hybridized carbons (Fsp3) is 0.652. The van der Waals surface area contributed by atoms with Crippen molar-refractivity contribution in [3.8, 4) is 0 Å². The molecule has 2 aliphatic heterocycles. The quantitative estimate of drug-likeness (QED) is 0.837. The number of nitrogens with one attached hydrogen (secondary N) is 1. The molecule has 0 spiro atoms. The van der Waals surface area contributed by atoms with Gasteiger partial charge in [0.1, 0.15) is 5.82 Å². The Morgan fingerprint density at radius 3 is 2.86 bits per heavy atom. The molecule has 1 aromatic heterocycles. The van der Waals surface area contributed by atoms with E-state index in [2.05, 4.69) is 35.0 Å². The van der Waals surface area contributed by atoms with Gasteiger partial charge in [0.2, 0.25) is 5.91 Å². The second kappa shape index (κ2) is 7.40. The third kappa shape index (κ3) is 3.68. The van der Waals surface area contributed by atoms with Crippen molar-refractivity contribution in [2.75, 3.05) is 26.2 Å².